The first kappa shape index (κ1) is 31.2. The summed E-state index contributed by atoms with van der Waals surface area (Å²) in [5.74, 6) is -0.334. The lowest BCUT2D eigenvalue weighted by atomic mass is 9.75. The fraction of sp³-hybridized carbons (Fsp3) is 0.344. The second-order valence-electron chi connectivity index (χ2n) is 12.0. The Labute approximate surface area is 260 Å². The van der Waals surface area contributed by atoms with Crippen molar-refractivity contribution in [1.82, 2.24) is 14.9 Å². The van der Waals surface area contributed by atoms with E-state index in [-0.39, 0.29) is 46.2 Å². The maximum absolute atomic E-state index is 14.0. The van der Waals surface area contributed by atoms with Gasteiger partial charge >= 0.3 is 6.03 Å². The lowest BCUT2D eigenvalue weighted by Gasteiger charge is -2.39. The first-order valence-corrected chi connectivity index (χ1v) is 14.9. The Morgan fingerprint density at radius 3 is 2.61 bits per heavy atom. The lowest BCUT2D eigenvalue weighted by molar-refractivity contribution is 0.215. The van der Waals surface area contributed by atoms with E-state index in [0.29, 0.717) is 24.2 Å². The van der Waals surface area contributed by atoms with Crippen LogP contribution in [0.2, 0.25) is 5.02 Å². The highest BCUT2D eigenvalue weighted by atomic mass is 35.5. The number of carbonyl (C=O) groups excluding carboxylic acids is 1. The summed E-state index contributed by atoms with van der Waals surface area (Å²) in [5, 5.41) is 23.0. The average molecular weight is 621 g/mol. The summed E-state index contributed by atoms with van der Waals surface area (Å²) in [4.78, 5) is 16.6. The highest BCUT2D eigenvalue weighted by Crippen LogP contribution is 2.46. The number of amidine groups is 1. The molecule has 1 fully saturated rings. The zero-order chi connectivity index (χ0) is 31.6. The van der Waals surface area contributed by atoms with E-state index in [1.807, 2.05) is 36.5 Å². The van der Waals surface area contributed by atoms with Crippen LogP contribution in [0.3, 0.4) is 0 Å². The second kappa shape index (κ2) is 12.4. The third-order valence-electron chi connectivity index (χ3n) is 8.77. The first-order valence-electron chi connectivity index (χ1n) is 14.5. The van der Waals surface area contributed by atoms with Crippen molar-refractivity contribution in [3.05, 3.63) is 77.3 Å². The van der Waals surface area contributed by atoms with Gasteiger partial charge in [0.15, 0.2) is 0 Å². The average Bonchev–Trinajstić information content (AvgIpc) is 3.50. The summed E-state index contributed by atoms with van der Waals surface area (Å²) in [6.45, 7) is 6.79. The summed E-state index contributed by atoms with van der Waals surface area (Å²) < 4.78 is 15.8. The number of nitrogens with two attached hydrogens (primary N) is 2. The van der Waals surface area contributed by atoms with E-state index in [1.165, 1.54) is 18.2 Å². The topological polar surface area (TPSA) is 155 Å². The maximum atomic E-state index is 14.0. The Hall–Kier alpha value is -4.19. The number of nitrogens with zero attached hydrogens (tertiary/aromatic N) is 3. The Morgan fingerprint density at radius 2 is 1.93 bits per heavy atom. The number of aliphatic imine (C=N–C) groups is 1. The van der Waals surface area contributed by atoms with Gasteiger partial charge in [-0.2, -0.15) is 5.10 Å². The van der Waals surface area contributed by atoms with E-state index in [4.69, 9.17) is 28.2 Å². The number of hydrogen-bond acceptors (Lipinski definition) is 6. The van der Waals surface area contributed by atoms with Gasteiger partial charge in [-0.1, -0.05) is 37.6 Å². The molecule has 0 unspecified atom stereocenters. The smallest absolute Gasteiger partial charge is 0.319 e. The van der Waals surface area contributed by atoms with E-state index in [9.17, 15) is 9.18 Å². The molecule has 1 saturated carbocycles. The van der Waals surface area contributed by atoms with Crippen LogP contribution in [0.1, 0.15) is 45.6 Å². The van der Waals surface area contributed by atoms with Gasteiger partial charge in [0.2, 0.25) is 0 Å². The molecule has 0 aliphatic heterocycles. The van der Waals surface area contributed by atoms with E-state index in [1.54, 1.807) is 10.7 Å². The predicted octanol–water partition coefficient (Wildman–Crippen LogP) is 5.65. The number of amides is 2. The second-order valence-corrected chi connectivity index (χ2v) is 12.4. The van der Waals surface area contributed by atoms with E-state index in [2.05, 4.69) is 46.8 Å². The molecule has 2 atom stereocenters. The number of aliphatic hydroxyl groups excluding tert-OH is 1. The van der Waals surface area contributed by atoms with Crippen LogP contribution < -0.4 is 27.4 Å². The molecule has 2 amide bonds. The molecule has 2 aromatic carbocycles. The minimum atomic E-state index is -0.470. The highest BCUT2D eigenvalue weighted by molar-refractivity contribution is 6.33. The Kier molecular flexibility index (Phi) is 8.83. The predicted molar refractivity (Wildman–Crippen MR) is 174 cm³/mol. The van der Waals surface area contributed by atoms with Crippen molar-refractivity contribution in [3.63, 3.8) is 0 Å². The number of urea groups is 1. The molecule has 232 valence electrons. The molecule has 12 heteroatoms. The van der Waals surface area contributed by atoms with Crippen LogP contribution in [0.15, 0.2) is 65.9 Å². The monoisotopic (exact) mass is 620 g/mol. The Balaban J connectivity index is 1.52. The molecular formula is C32H38ClFN8O2. The standard InChI is InChI=1S/C32H38ClFN8O2/c1-31(2)27(11-12-32(31,3)36)41-28-23(29(35)40-25-16-21(34)7-10-24(25)33)17-38-42-18-20(15-26(28)42)19-5-8-22(9-6-19)39-30(44)37-13-4-14-43/h5-10,15-18,27,41,43H,4,11-14,36H2,1-3H3,(H2,35,40)(H2,37,39,44)/t27-,32+/m1/s1. The van der Waals surface area contributed by atoms with Crippen molar-refractivity contribution in [2.24, 2.45) is 21.9 Å². The number of halogens is 2. The van der Waals surface area contributed by atoms with Gasteiger partial charge in [0.1, 0.15) is 11.7 Å². The highest BCUT2D eigenvalue weighted by Gasteiger charge is 2.49. The van der Waals surface area contributed by atoms with E-state index in [0.717, 1.165) is 35.2 Å². The number of aromatic nitrogens is 2. The zero-order valence-corrected chi connectivity index (χ0v) is 25.8. The molecule has 2 aromatic heterocycles. The third kappa shape index (κ3) is 6.35. The van der Waals surface area contributed by atoms with Crippen LogP contribution in [-0.2, 0) is 0 Å². The minimum Gasteiger partial charge on any atom is -0.396 e. The molecular weight excluding hydrogens is 583 g/mol. The van der Waals surface area contributed by atoms with E-state index < -0.39 is 5.82 Å². The molecule has 0 bridgehead atoms. The molecule has 4 aromatic rings. The number of anilines is 2. The number of benzene rings is 2. The van der Waals surface area contributed by atoms with Crippen molar-refractivity contribution in [2.75, 3.05) is 23.8 Å². The van der Waals surface area contributed by atoms with Gasteiger partial charge in [-0.05, 0) is 62.1 Å². The van der Waals surface area contributed by atoms with Crippen LogP contribution in [0.5, 0.6) is 0 Å². The molecule has 1 aliphatic carbocycles. The Morgan fingerprint density at radius 1 is 1.18 bits per heavy atom. The summed E-state index contributed by atoms with van der Waals surface area (Å²) >= 11 is 6.29. The van der Waals surface area contributed by atoms with Gasteiger partial charge < -0.3 is 32.5 Å². The number of nitrogens with one attached hydrogen (secondary N) is 3. The fourth-order valence-electron chi connectivity index (χ4n) is 5.48. The van der Waals surface area contributed by atoms with Gasteiger partial charge in [0.25, 0.3) is 0 Å². The molecule has 0 spiro atoms. The molecule has 2 heterocycles. The number of rotatable bonds is 9. The van der Waals surface area contributed by atoms with Crippen molar-refractivity contribution in [3.8, 4) is 11.1 Å². The number of aliphatic hydroxyl groups is 1. The van der Waals surface area contributed by atoms with Gasteiger partial charge in [0, 0.05) is 53.7 Å². The molecule has 44 heavy (non-hydrogen) atoms. The van der Waals surface area contributed by atoms with Crippen LogP contribution in [0.25, 0.3) is 16.6 Å². The molecule has 8 N–H and O–H groups in total. The van der Waals surface area contributed by atoms with Crippen molar-refractivity contribution >= 4 is 46.0 Å². The molecule has 10 nitrogen and oxygen atoms in total. The number of carbonyl (C=O) groups is 1. The molecule has 5 rings (SSSR count). The number of hydrogen-bond donors (Lipinski definition) is 6. The largest absolute Gasteiger partial charge is 0.396 e. The fourth-order valence-corrected chi connectivity index (χ4v) is 5.64. The lowest BCUT2D eigenvalue weighted by Crippen LogP contribution is -2.51. The van der Waals surface area contributed by atoms with E-state index >= 15 is 0 Å². The molecule has 0 radical (unpaired) electrons. The SMILES string of the molecule is CC1(C)[C@H](Nc2c(/C(N)=N/c3cc(F)ccc3Cl)cnn3cc(-c4ccc(NC(=O)NCCCO)cc4)cc23)CC[C@]1(C)N. The van der Waals surface area contributed by atoms with Crippen LogP contribution in [0, 0.1) is 11.2 Å². The summed E-state index contributed by atoms with van der Waals surface area (Å²) in [6, 6.07) is 13.1. The summed E-state index contributed by atoms with van der Waals surface area (Å²) in [6.07, 6.45) is 5.75. The van der Waals surface area contributed by atoms with Crippen LogP contribution in [0.4, 0.5) is 26.2 Å². The van der Waals surface area contributed by atoms with Crippen molar-refractivity contribution in [1.29, 1.82) is 0 Å². The zero-order valence-electron chi connectivity index (χ0n) is 25.0. The summed E-state index contributed by atoms with van der Waals surface area (Å²) in [5.41, 5.74) is 17.3. The van der Waals surface area contributed by atoms with Crippen molar-refractivity contribution in [2.45, 2.75) is 51.6 Å². The Bertz CT molecular complexity index is 1700. The van der Waals surface area contributed by atoms with Crippen LogP contribution >= 0.6 is 11.6 Å². The van der Waals surface area contributed by atoms with Gasteiger partial charge in [-0.25, -0.2) is 18.7 Å². The van der Waals surface area contributed by atoms with Crippen molar-refractivity contribution < 1.29 is 14.3 Å². The first-order chi connectivity index (χ1) is 20.9. The quantitative estimate of drug-likeness (QED) is 0.0807. The van der Waals surface area contributed by atoms with Gasteiger partial charge in [-0.15, -0.1) is 0 Å². The third-order valence-corrected chi connectivity index (χ3v) is 9.09. The molecule has 0 saturated heterocycles. The minimum absolute atomic E-state index is 0.0140. The van der Waals surface area contributed by atoms with Gasteiger partial charge in [-0.3, -0.25) is 0 Å². The summed E-state index contributed by atoms with van der Waals surface area (Å²) in [7, 11) is 0. The van der Waals surface area contributed by atoms with Gasteiger partial charge in [0.05, 0.1) is 33.7 Å². The number of fused-ring (bicyclic) bond motifs is 1. The maximum Gasteiger partial charge on any atom is 0.319 e. The van der Waals surface area contributed by atoms with Crippen LogP contribution in [-0.4, -0.2) is 51.3 Å². The normalized spacial score (nSPS) is 19.7. The molecule has 1 aliphatic rings.